The number of carbonyl (C=O) groups is 2. The van der Waals surface area contributed by atoms with Gasteiger partial charge in [-0.3, -0.25) is 9.59 Å². The van der Waals surface area contributed by atoms with Crippen LogP contribution in [-0.4, -0.2) is 44.5 Å². The van der Waals surface area contributed by atoms with Crippen molar-refractivity contribution in [3.05, 3.63) is 29.8 Å². The second-order valence-corrected chi connectivity index (χ2v) is 7.79. The Morgan fingerprint density at radius 3 is 2.22 bits per heavy atom. The SMILES string of the molecule is CC[C@@H](NC(=O)C(=O)N1CCCC1)c1ccc(S(C)(=O)=O)cc1. The van der Waals surface area contributed by atoms with Crippen molar-refractivity contribution in [2.75, 3.05) is 19.3 Å². The standard InChI is InChI=1S/C16H22N2O4S/c1-3-14(12-6-8-13(9-7-12)23(2,21)22)17-15(19)16(20)18-10-4-5-11-18/h6-9,14H,3-5,10-11H2,1-2H3,(H,17,19)/t14-/m1/s1. The highest BCUT2D eigenvalue weighted by atomic mass is 32.2. The molecule has 0 unspecified atom stereocenters. The Morgan fingerprint density at radius 2 is 1.74 bits per heavy atom. The summed E-state index contributed by atoms with van der Waals surface area (Å²) < 4.78 is 23.0. The lowest BCUT2D eigenvalue weighted by molar-refractivity contribution is -0.145. The number of sulfone groups is 1. The van der Waals surface area contributed by atoms with Crippen molar-refractivity contribution in [3.63, 3.8) is 0 Å². The fraction of sp³-hybridized carbons (Fsp3) is 0.500. The van der Waals surface area contributed by atoms with E-state index in [0.717, 1.165) is 24.7 Å². The Morgan fingerprint density at radius 1 is 1.17 bits per heavy atom. The van der Waals surface area contributed by atoms with Crippen LogP contribution < -0.4 is 5.32 Å². The molecule has 1 saturated heterocycles. The van der Waals surface area contributed by atoms with Gasteiger partial charge < -0.3 is 10.2 Å². The summed E-state index contributed by atoms with van der Waals surface area (Å²) in [6, 6.07) is 6.06. The fourth-order valence-electron chi connectivity index (χ4n) is 2.65. The highest BCUT2D eigenvalue weighted by Gasteiger charge is 2.26. The van der Waals surface area contributed by atoms with E-state index in [4.69, 9.17) is 0 Å². The molecule has 1 aliphatic rings. The van der Waals surface area contributed by atoms with Crippen molar-refractivity contribution in [1.29, 1.82) is 0 Å². The van der Waals surface area contributed by atoms with Gasteiger partial charge in [-0.05, 0) is 37.0 Å². The summed E-state index contributed by atoms with van der Waals surface area (Å²) in [5, 5.41) is 2.74. The molecule has 2 rings (SSSR count). The second kappa shape index (κ2) is 7.12. The highest BCUT2D eigenvalue weighted by Crippen LogP contribution is 2.19. The molecule has 1 N–H and O–H groups in total. The summed E-state index contributed by atoms with van der Waals surface area (Å²) in [6.07, 6.45) is 3.62. The van der Waals surface area contributed by atoms with Crippen LogP contribution in [0, 0.1) is 0 Å². The van der Waals surface area contributed by atoms with Gasteiger partial charge in [0.25, 0.3) is 0 Å². The van der Waals surface area contributed by atoms with E-state index >= 15 is 0 Å². The molecular weight excluding hydrogens is 316 g/mol. The minimum Gasteiger partial charge on any atom is -0.341 e. The number of hydrogen-bond acceptors (Lipinski definition) is 4. The van der Waals surface area contributed by atoms with Crippen LogP contribution >= 0.6 is 0 Å². The third-order valence-electron chi connectivity index (χ3n) is 4.01. The number of rotatable bonds is 4. The summed E-state index contributed by atoms with van der Waals surface area (Å²) in [5.41, 5.74) is 0.780. The summed E-state index contributed by atoms with van der Waals surface area (Å²) in [5.74, 6) is -1.10. The molecule has 126 valence electrons. The van der Waals surface area contributed by atoms with Gasteiger partial charge in [0, 0.05) is 19.3 Å². The first-order valence-electron chi connectivity index (χ1n) is 7.72. The predicted octanol–water partition coefficient (Wildman–Crippen LogP) is 1.28. The number of nitrogens with one attached hydrogen (secondary N) is 1. The highest BCUT2D eigenvalue weighted by molar-refractivity contribution is 7.90. The molecule has 0 bridgehead atoms. The lowest BCUT2D eigenvalue weighted by Crippen LogP contribution is -2.42. The lowest BCUT2D eigenvalue weighted by atomic mass is 10.0. The number of hydrogen-bond donors (Lipinski definition) is 1. The summed E-state index contributed by atoms with van der Waals surface area (Å²) >= 11 is 0. The normalized spacial score (nSPS) is 16.2. The maximum Gasteiger partial charge on any atom is 0.311 e. The molecule has 1 atom stereocenters. The van der Waals surface area contributed by atoms with Gasteiger partial charge in [-0.1, -0.05) is 19.1 Å². The van der Waals surface area contributed by atoms with Crippen molar-refractivity contribution >= 4 is 21.7 Å². The molecule has 0 aromatic heterocycles. The van der Waals surface area contributed by atoms with Gasteiger partial charge in [0.05, 0.1) is 10.9 Å². The van der Waals surface area contributed by atoms with Crippen molar-refractivity contribution in [1.82, 2.24) is 10.2 Å². The van der Waals surface area contributed by atoms with Gasteiger partial charge in [0.1, 0.15) is 0 Å². The number of amides is 2. The molecular formula is C16H22N2O4S. The Labute approximate surface area is 136 Å². The molecule has 1 aromatic rings. The first-order chi connectivity index (χ1) is 10.8. The Bertz CT molecular complexity index is 677. The van der Waals surface area contributed by atoms with Gasteiger partial charge in [-0.15, -0.1) is 0 Å². The van der Waals surface area contributed by atoms with E-state index < -0.39 is 21.7 Å². The van der Waals surface area contributed by atoms with Crippen molar-refractivity contribution < 1.29 is 18.0 Å². The minimum atomic E-state index is -3.25. The lowest BCUT2D eigenvalue weighted by Gasteiger charge is -2.20. The third-order valence-corrected chi connectivity index (χ3v) is 5.14. The molecule has 23 heavy (non-hydrogen) atoms. The molecule has 0 aliphatic carbocycles. The van der Waals surface area contributed by atoms with Crippen LogP contribution in [0.4, 0.5) is 0 Å². The van der Waals surface area contributed by atoms with Gasteiger partial charge in [-0.25, -0.2) is 8.42 Å². The van der Waals surface area contributed by atoms with E-state index in [0.29, 0.717) is 19.5 Å². The molecule has 1 heterocycles. The maximum atomic E-state index is 12.1. The largest absolute Gasteiger partial charge is 0.341 e. The van der Waals surface area contributed by atoms with Crippen molar-refractivity contribution in [2.45, 2.75) is 37.1 Å². The van der Waals surface area contributed by atoms with Gasteiger partial charge >= 0.3 is 11.8 Å². The molecule has 1 aromatic carbocycles. The smallest absolute Gasteiger partial charge is 0.311 e. The number of benzene rings is 1. The summed E-state index contributed by atoms with van der Waals surface area (Å²) in [6.45, 7) is 3.16. The zero-order valence-corrected chi connectivity index (χ0v) is 14.2. The van der Waals surface area contributed by atoms with Crippen LogP contribution in [-0.2, 0) is 19.4 Å². The molecule has 6 nitrogen and oxygen atoms in total. The summed E-state index contributed by atoms with van der Waals surface area (Å²) in [4.78, 5) is 25.9. The topological polar surface area (TPSA) is 83.6 Å². The Balaban J connectivity index is 2.07. The van der Waals surface area contributed by atoms with E-state index in [1.165, 1.54) is 12.1 Å². The van der Waals surface area contributed by atoms with Crippen LogP contribution in [0.5, 0.6) is 0 Å². The van der Waals surface area contributed by atoms with Crippen LogP contribution in [0.15, 0.2) is 29.2 Å². The second-order valence-electron chi connectivity index (χ2n) is 5.77. The molecule has 1 aliphatic heterocycles. The van der Waals surface area contributed by atoms with Gasteiger partial charge in [0.2, 0.25) is 0 Å². The third kappa shape index (κ3) is 4.31. The number of carbonyl (C=O) groups excluding carboxylic acids is 2. The number of nitrogens with zero attached hydrogens (tertiary/aromatic N) is 1. The van der Waals surface area contributed by atoms with Crippen LogP contribution in [0.1, 0.15) is 37.8 Å². The van der Waals surface area contributed by atoms with E-state index in [2.05, 4.69) is 5.32 Å². The van der Waals surface area contributed by atoms with E-state index in [-0.39, 0.29) is 10.9 Å². The minimum absolute atomic E-state index is 0.232. The fourth-order valence-corrected chi connectivity index (χ4v) is 3.28. The zero-order chi connectivity index (χ0) is 17.0. The molecule has 7 heteroatoms. The average molecular weight is 338 g/mol. The van der Waals surface area contributed by atoms with Crippen LogP contribution in [0.3, 0.4) is 0 Å². The van der Waals surface area contributed by atoms with Crippen LogP contribution in [0.2, 0.25) is 0 Å². The molecule has 1 fully saturated rings. The Kier molecular flexibility index (Phi) is 5.41. The van der Waals surface area contributed by atoms with E-state index in [1.54, 1.807) is 17.0 Å². The first-order valence-corrected chi connectivity index (χ1v) is 9.62. The monoisotopic (exact) mass is 338 g/mol. The predicted molar refractivity (Wildman–Crippen MR) is 86.5 cm³/mol. The molecule has 0 saturated carbocycles. The first kappa shape index (κ1) is 17.5. The Hall–Kier alpha value is -1.89. The zero-order valence-electron chi connectivity index (χ0n) is 13.4. The van der Waals surface area contributed by atoms with E-state index in [9.17, 15) is 18.0 Å². The van der Waals surface area contributed by atoms with Gasteiger partial charge in [0.15, 0.2) is 9.84 Å². The van der Waals surface area contributed by atoms with Crippen LogP contribution in [0.25, 0.3) is 0 Å². The van der Waals surface area contributed by atoms with Crippen molar-refractivity contribution in [3.8, 4) is 0 Å². The molecule has 0 spiro atoms. The number of likely N-dealkylation sites (tertiary alicyclic amines) is 1. The summed E-state index contributed by atoms with van der Waals surface area (Å²) in [7, 11) is -3.25. The van der Waals surface area contributed by atoms with E-state index in [1.807, 2.05) is 6.92 Å². The van der Waals surface area contributed by atoms with Gasteiger partial charge in [-0.2, -0.15) is 0 Å². The molecule has 2 amide bonds. The van der Waals surface area contributed by atoms with Crippen molar-refractivity contribution in [2.24, 2.45) is 0 Å². The average Bonchev–Trinajstić information content (AvgIpc) is 3.05. The maximum absolute atomic E-state index is 12.1. The molecule has 0 radical (unpaired) electrons. The quantitative estimate of drug-likeness (QED) is 0.838.